The van der Waals surface area contributed by atoms with Crippen molar-refractivity contribution in [2.24, 2.45) is 17.3 Å². The summed E-state index contributed by atoms with van der Waals surface area (Å²) in [4.78, 5) is 28.9. The number of likely N-dealkylation sites (tertiary alicyclic amines) is 1. The normalized spacial score (nSPS) is 24.0. The number of halogens is 1. The topological polar surface area (TPSA) is 88.1 Å². The van der Waals surface area contributed by atoms with E-state index in [1.165, 1.54) is 0 Å². The Balaban J connectivity index is 1.82. The van der Waals surface area contributed by atoms with Gasteiger partial charge in [-0.05, 0) is 29.9 Å². The zero-order valence-corrected chi connectivity index (χ0v) is 24.3. The zero-order valence-electron chi connectivity index (χ0n) is 23.6. The minimum Gasteiger partial charge on any atom is -0.493 e. The minimum absolute atomic E-state index is 0.0449. The van der Waals surface area contributed by atoms with Crippen LogP contribution < -0.4 is 14.8 Å². The van der Waals surface area contributed by atoms with Gasteiger partial charge in [0.1, 0.15) is 6.04 Å². The lowest BCUT2D eigenvalue weighted by Gasteiger charge is -2.36. The van der Waals surface area contributed by atoms with E-state index in [0.717, 1.165) is 43.2 Å². The van der Waals surface area contributed by atoms with Crippen LogP contribution in [0.1, 0.15) is 70.0 Å². The Morgan fingerprint density at radius 1 is 1.05 bits per heavy atom. The number of ether oxygens (including phenoxy) is 2. The van der Waals surface area contributed by atoms with Crippen LogP contribution in [0.4, 0.5) is 0 Å². The second-order valence-electron chi connectivity index (χ2n) is 11.8. The van der Waals surface area contributed by atoms with Crippen LogP contribution in [0.2, 0.25) is 5.02 Å². The van der Waals surface area contributed by atoms with Crippen molar-refractivity contribution in [3.8, 4) is 11.5 Å². The molecule has 4 rings (SSSR count). The SMILES string of the molecule is COc1cc(Cl)cc(CNC2C(c3ccccc3)N(C(=O)C3CCCCC3)C(C(=O)O)C2C(C)(C)C)c1OC. The van der Waals surface area contributed by atoms with Gasteiger partial charge in [0.15, 0.2) is 11.5 Å². The first-order chi connectivity index (χ1) is 18.6. The molecule has 2 fully saturated rings. The van der Waals surface area contributed by atoms with Crippen molar-refractivity contribution >= 4 is 23.5 Å². The monoisotopic (exact) mass is 556 g/mol. The summed E-state index contributed by atoms with van der Waals surface area (Å²) in [7, 11) is 3.15. The maximum absolute atomic E-state index is 14.2. The number of aliphatic carboxylic acids is 1. The van der Waals surface area contributed by atoms with Crippen LogP contribution in [-0.2, 0) is 16.1 Å². The van der Waals surface area contributed by atoms with Gasteiger partial charge in [-0.15, -0.1) is 0 Å². The maximum atomic E-state index is 14.2. The Morgan fingerprint density at radius 3 is 2.28 bits per heavy atom. The number of amides is 1. The third-order valence-corrected chi connectivity index (χ3v) is 8.54. The number of hydrogen-bond donors (Lipinski definition) is 2. The third kappa shape index (κ3) is 6.04. The summed E-state index contributed by atoms with van der Waals surface area (Å²) in [5, 5.41) is 14.8. The third-order valence-electron chi connectivity index (χ3n) is 8.32. The molecule has 1 saturated carbocycles. The number of carboxylic acid groups (broad SMARTS) is 1. The highest BCUT2D eigenvalue weighted by Gasteiger charge is 2.58. The van der Waals surface area contributed by atoms with Crippen LogP contribution in [0.15, 0.2) is 42.5 Å². The molecule has 0 spiro atoms. The zero-order chi connectivity index (χ0) is 28.3. The van der Waals surface area contributed by atoms with Gasteiger partial charge in [0.25, 0.3) is 0 Å². The molecule has 2 N–H and O–H groups in total. The molecule has 1 amide bonds. The molecular formula is C31H41ClN2O5. The smallest absolute Gasteiger partial charge is 0.326 e. The Labute approximate surface area is 236 Å². The Kier molecular flexibility index (Phi) is 9.12. The molecule has 2 aromatic rings. The molecule has 1 aliphatic carbocycles. The molecule has 2 aliphatic rings. The molecular weight excluding hydrogens is 516 g/mol. The summed E-state index contributed by atoms with van der Waals surface area (Å²) >= 11 is 6.40. The predicted molar refractivity (Wildman–Crippen MR) is 152 cm³/mol. The van der Waals surface area contributed by atoms with Crippen LogP contribution in [0.5, 0.6) is 11.5 Å². The first kappa shape index (κ1) is 29.2. The van der Waals surface area contributed by atoms with Crippen LogP contribution in [0, 0.1) is 17.3 Å². The highest BCUT2D eigenvalue weighted by Crippen LogP contribution is 2.49. The molecule has 1 aliphatic heterocycles. The Bertz CT molecular complexity index is 1160. The molecule has 212 valence electrons. The lowest BCUT2D eigenvalue weighted by molar-refractivity contribution is -0.154. The quantitative estimate of drug-likeness (QED) is 0.409. The van der Waals surface area contributed by atoms with E-state index in [2.05, 4.69) is 26.1 Å². The van der Waals surface area contributed by atoms with Crippen molar-refractivity contribution < 1.29 is 24.2 Å². The molecule has 4 unspecified atom stereocenters. The van der Waals surface area contributed by atoms with Gasteiger partial charge in [-0.25, -0.2) is 4.79 Å². The first-order valence-electron chi connectivity index (χ1n) is 13.8. The van der Waals surface area contributed by atoms with Gasteiger partial charge in [0, 0.05) is 41.1 Å². The average Bonchev–Trinajstić information content (AvgIpc) is 3.28. The molecule has 7 nitrogen and oxygen atoms in total. The van der Waals surface area contributed by atoms with E-state index in [9.17, 15) is 14.7 Å². The second-order valence-corrected chi connectivity index (χ2v) is 12.3. The molecule has 2 aromatic carbocycles. The van der Waals surface area contributed by atoms with Crippen LogP contribution in [0.3, 0.4) is 0 Å². The van der Waals surface area contributed by atoms with E-state index in [1.54, 1.807) is 25.2 Å². The van der Waals surface area contributed by atoms with E-state index < -0.39 is 23.5 Å². The first-order valence-corrected chi connectivity index (χ1v) is 14.2. The molecule has 39 heavy (non-hydrogen) atoms. The molecule has 0 aromatic heterocycles. The number of methoxy groups -OCH3 is 2. The van der Waals surface area contributed by atoms with E-state index in [4.69, 9.17) is 21.1 Å². The summed E-state index contributed by atoms with van der Waals surface area (Å²) in [6.07, 6.45) is 4.73. The van der Waals surface area contributed by atoms with E-state index >= 15 is 0 Å². The van der Waals surface area contributed by atoms with Crippen molar-refractivity contribution in [2.75, 3.05) is 14.2 Å². The fraction of sp³-hybridized carbons (Fsp3) is 0.548. The maximum Gasteiger partial charge on any atom is 0.326 e. The van der Waals surface area contributed by atoms with E-state index in [-0.39, 0.29) is 23.8 Å². The van der Waals surface area contributed by atoms with Crippen molar-refractivity contribution in [2.45, 2.75) is 77.5 Å². The number of nitrogens with zero attached hydrogens (tertiary/aromatic N) is 1. The van der Waals surface area contributed by atoms with Gasteiger partial charge in [-0.2, -0.15) is 0 Å². The van der Waals surface area contributed by atoms with Crippen LogP contribution in [-0.4, -0.2) is 48.2 Å². The minimum atomic E-state index is -0.966. The number of rotatable bonds is 8. The van der Waals surface area contributed by atoms with Crippen molar-refractivity contribution in [3.63, 3.8) is 0 Å². The molecule has 1 saturated heterocycles. The number of carboxylic acids is 1. The summed E-state index contributed by atoms with van der Waals surface area (Å²) in [6.45, 7) is 6.53. The highest BCUT2D eigenvalue weighted by molar-refractivity contribution is 6.30. The fourth-order valence-corrected chi connectivity index (χ4v) is 6.88. The van der Waals surface area contributed by atoms with Crippen LogP contribution >= 0.6 is 11.6 Å². The summed E-state index contributed by atoms with van der Waals surface area (Å²) in [5.41, 5.74) is 1.31. The number of carbonyl (C=O) groups is 2. The lowest BCUT2D eigenvalue weighted by Crippen LogP contribution is -2.49. The standard InChI is InChI=1S/C31H41ClN2O5/c1-31(2,3)24-25(33-18-21-16-22(32)17-23(38-4)28(21)39-5)26(19-12-8-6-9-13-19)34(27(24)30(36)37)29(35)20-14-10-7-11-15-20/h6,8-9,12-13,16-17,20,24-27,33H,7,10-11,14-15,18H2,1-5H3,(H,36,37). The predicted octanol–water partition coefficient (Wildman–Crippen LogP) is 6.09. The summed E-state index contributed by atoms with van der Waals surface area (Å²) in [5.74, 6) is -0.426. The lowest BCUT2D eigenvalue weighted by atomic mass is 9.72. The van der Waals surface area contributed by atoms with Crippen molar-refractivity contribution in [1.82, 2.24) is 10.2 Å². The highest BCUT2D eigenvalue weighted by atomic mass is 35.5. The number of nitrogens with one attached hydrogen (secondary N) is 1. The largest absolute Gasteiger partial charge is 0.493 e. The average molecular weight is 557 g/mol. The van der Waals surface area contributed by atoms with Gasteiger partial charge in [0.2, 0.25) is 5.91 Å². The van der Waals surface area contributed by atoms with Crippen molar-refractivity contribution in [3.05, 3.63) is 58.6 Å². The Hall–Kier alpha value is -2.77. The number of benzene rings is 2. The summed E-state index contributed by atoms with van der Waals surface area (Å²) < 4.78 is 11.2. The van der Waals surface area contributed by atoms with E-state index in [1.807, 2.05) is 36.4 Å². The van der Waals surface area contributed by atoms with Gasteiger partial charge in [-0.3, -0.25) is 4.79 Å². The van der Waals surface area contributed by atoms with Gasteiger partial charge in [-0.1, -0.05) is 82.0 Å². The summed E-state index contributed by atoms with van der Waals surface area (Å²) in [6, 6.07) is 11.6. The molecule has 8 heteroatoms. The molecule has 0 bridgehead atoms. The second kappa shape index (κ2) is 12.2. The Morgan fingerprint density at radius 2 is 1.72 bits per heavy atom. The fourth-order valence-electron chi connectivity index (χ4n) is 6.65. The number of hydrogen-bond acceptors (Lipinski definition) is 5. The van der Waals surface area contributed by atoms with Crippen LogP contribution in [0.25, 0.3) is 0 Å². The molecule has 1 heterocycles. The van der Waals surface area contributed by atoms with Gasteiger partial charge >= 0.3 is 5.97 Å². The van der Waals surface area contributed by atoms with Gasteiger partial charge in [0.05, 0.1) is 20.3 Å². The molecule has 4 atom stereocenters. The number of carbonyl (C=O) groups excluding carboxylic acids is 1. The van der Waals surface area contributed by atoms with Crippen molar-refractivity contribution in [1.29, 1.82) is 0 Å². The van der Waals surface area contributed by atoms with E-state index in [0.29, 0.717) is 23.1 Å². The molecule has 0 radical (unpaired) electrons. The van der Waals surface area contributed by atoms with Gasteiger partial charge < -0.3 is 24.8 Å².